The van der Waals surface area contributed by atoms with Gasteiger partial charge in [-0.3, -0.25) is 4.90 Å². The van der Waals surface area contributed by atoms with Crippen molar-refractivity contribution in [3.8, 4) is 0 Å². The zero-order chi connectivity index (χ0) is 11.1. The van der Waals surface area contributed by atoms with Crippen molar-refractivity contribution in [1.29, 1.82) is 0 Å². The summed E-state index contributed by atoms with van der Waals surface area (Å²) >= 11 is 0. The molecule has 0 spiro atoms. The zero-order valence-electron chi connectivity index (χ0n) is 9.65. The molecule has 15 heavy (non-hydrogen) atoms. The molecule has 4 heteroatoms. The van der Waals surface area contributed by atoms with E-state index in [1.807, 2.05) is 0 Å². The number of rotatable bonds is 2. The highest BCUT2D eigenvalue weighted by Gasteiger charge is 2.37. The molecule has 1 aliphatic heterocycles. The monoisotopic (exact) mass is 231 g/mol. The first-order chi connectivity index (χ1) is 6.98. The van der Waals surface area contributed by atoms with Crippen LogP contribution in [-0.2, 0) is 9.84 Å². The van der Waals surface area contributed by atoms with Crippen LogP contribution >= 0.6 is 0 Å². The van der Waals surface area contributed by atoms with E-state index in [1.165, 1.54) is 12.8 Å². The van der Waals surface area contributed by atoms with Crippen LogP contribution in [-0.4, -0.2) is 44.0 Å². The summed E-state index contributed by atoms with van der Waals surface area (Å²) in [4.78, 5) is 2.37. The van der Waals surface area contributed by atoms with Gasteiger partial charge in [0.25, 0.3) is 0 Å². The third-order valence-electron chi connectivity index (χ3n) is 3.99. The van der Waals surface area contributed by atoms with Gasteiger partial charge in [-0.2, -0.15) is 0 Å². The van der Waals surface area contributed by atoms with Gasteiger partial charge in [0, 0.05) is 19.1 Å². The summed E-state index contributed by atoms with van der Waals surface area (Å²) < 4.78 is 22.5. The Balaban J connectivity index is 1.79. The Hall–Kier alpha value is -0.0900. The van der Waals surface area contributed by atoms with E-state index in [2.05, 4.69) is 18.7 Å². The molecule has 1 saturated carbocycles. The lowest BCUT2D eigenvalue weighted by molar-refractivity contribution is 0.0618. The average Bonchev–Trinajstić information content (AvgIpc) is 2.04. The molecule has 0 amide bonds. The summed E-state index contributed by atoms with van der Waals surface area (Å²) in [6.07, 6.45) is 2.55. The fourth-order valence-corrected chi connectivity index (χ4v) is 3.79. The van der Waals surface area contributed by atoms with Gasteiger partial charge in [-0.05, 0) is 24.7 Å². The van der Waals surface area contributed by atoms with E-state index in [0.717, 1.165) is 24.9 Å². The van der Waals surface area contributed by atoms with Crippen LogP contribution in [0.4, 0.5) is 0 Å². The lowest BCUT2D eigenvalue weighted by Gasteiger charge is -2.46. The number of hydrogen-bond donors (Lipinski definition) is 0. The second-order valence-electron chi connectivity index (χ2n) is 5.32. The molecule has 0 N–H and O–H groups in total. The van der Waals surface area contributed by atoms with Crippen molar-refractivity contribution in [3.05, 3.63) is 0 Å². The van der Waals surface area contributed by atoms with Crippen molar-refractivity contribution in [2.24, 2.45) is 11.8 Å². The summed E-state index contributed by atoms with van der Waals surface area (Å²) in [6, 6.07) is 0.674. The topological polar surface area (TPSA) is 37.4 Å². The van der Waals surface area contributed by atoms with Gasteiger partial charge in [-0.1, -0.05) is 13.8 Å². The van der Waals surface area contributed by atoms with E-state index in [4.69, 9.17) is 0 Å². The first-order valence-corrected chi connectivity index (χ1v) is 7.74. The zero-order valence-corrected chi connectivity index (χ0v) is 10.5. The van der Waals surface area contributed by atoms with E-state index in [1.54, 1.807) is 0 Å². The molecular weight excluding hydrogens is 210 g/mol. The van der Waals surface area contributed by atoms with Crippen molar-refractivity contribution in [1.82, 2.24) is 4.90 Å². The molecule has 2 fully saturated rings. The van der Waals surface area contributed by atoms with Crippen molar-refractivity contribution in [3.63, 3.8) is 0 Å². The van der Waals surface area contributed by atoms with Crippen LogP contribution in [0.5, 0.6) is 0 Å². The Morgan fingerprint density at radius 1 is 1.13 bits per heavy atom. The predicted octanol–water partition coefficient (Wildman–Crippen LogP) is 1.15. The SMILES string of the molecule is CC(C)C1CC(N2CCS(=O)(=O)CC2)C1. The van der Waals surface area contributed by atoms with Crippen LogP contribution < -0.4 is 0 Å². The standard InChI is InChI=1S/C11H21NO2S/c1-9(2)10-7-11(8-10)12-3-5-15(13,14)6-4-12/h9-11H,3-8H2,1-2H3. The highest BCUT2D eigenvalue weighted by molar-refractivity contribution is 7.91. The Morgan fingerprint density at radius 2 is 1.67 bits per heavy atom. The van der Waals surface area contributed by atoms with E-state index < -0.39 is 9.84 Å². The van der Waals surface area contributed by atoms with Gasteiger partial charge >= 0.3 is 0 Å². The van der Waals surface area contributed by atoms with Crippen LogP contribution in [0.1, 0.15) is 26.7 Å². The Labute approximate surface area is 92.8 Å². The summed E-state index contributed by atoms with van der Waals surface area (Å²) in [5.74, 6) is 2.40. The molecule has 0 aromatic rings. The molecule has 88 valence electrons. The summed E-state index contributed by atoms with van der Waals surface area (Å²) in [5, 5.41) is 0. The maximum atomic E-state index is 11.3. The van der Waals surface area contributed by atoms with Gasteiger partial charge in [-0.15, -0.1) is 0 Å². The molecule has 0 aromatic carbocycles. The number of sulfone groups is 1. The fourth-order valence-electron chi connectivity index (χ4n) is 2.56. The van der Waals surface area contributed by atoms with Crippen molar-refractivity contribution in [2.45, 2.75) is 32.7 Å². The maximum Gasteiger partial charge on any atom is 0.152 e. The Bertz CT molecular complexity index is 303. The Kier molecular flexibility index (Phi) is 3.08. The van der Waals surface area contributed by atoms with Gasteiger partial charge in [0.1, 0.15) is 0 Å². The van der Waals surface area contributed by atoms with Crippen LogP contribution in [0.15, 0.2) is 0 Å². The number of hydrogen-bond acceptors (Lipinski definition) is 3. The third kappa shape index (κ3) is 2.53. The number of nitrogens with zero attached hydrogens (tertiary/aromatic N) is 1. The van der Waals surface area contributed by atoms with Crippen molar-refractivity contribution >= 4 is 9.84 Å². The minimum Gasteiger partial charge on any atom is -0.298 e. The van der Waals surface area contributed by atoms with E-state index >= 15 is 0 Å². The van der Waals surface area contributed by atoms with Gasteiger partial charge in [-0.25, -0.2) is 8.42 Å². The van der Waals surface area contributed by atoms with Gasteiger partial charge < -0.3 is 0 Å². The smallest absolute Gasteiger partial charge is 0.152 e. The van der Waals surface area contributed by atoms with E-state index in [0.29, 0.717) is 17.5 Å². The normalized spacial score (nSPS) is 36.5. The van der Waals surface area contributed by atoms with E-state index in [9.17, 15) is 8.42 Å². The van der Waals surface area contributed by atoms with E-state index in [-0.39, 0.29) is 0 Å². The second kappa shape index (κ2) is 4.06. The first-order valence-electron chi connectivity index (χ1n) is 5.92. The molecule has 3 nitrogen and oxygen atoms in total. The predicted molar refractivity (Wildman–Crippen MR) is 61.6 cm³/mol. The fraction of sp³-hybridized carbons (Fsp3) is 1.00. The van der Waals surface area contributed by atoms with Gasteiger partial charge in [0.15, 0.2) is 9.84 Å². The van der Waals surface area contributed by atoms with Crippen LogP contribution in [0, 0.1) is 11.8 Å². The lowest BCUT2D eigenvalue weighted by Crippen LogP contribution is -2.51. The molecule has 0 atom stereocenters. The van der Waals surface area contributed by atoms with Crippen LogP contribution in [0.2, 0.25) is 0 Å². The minimum absolute atomic E-state index is 0.371. The maximum absolute atomic E-state index is 11.3. The molecule has 1 heterocycles. The lowest BCUT2D eigenvalue weighted by atomic mass is 9.73. The molecule has 2 aliphatic rings. The first kappa shape index (κ1) is 11.4. The highest BCUT2D eigenvalue weighted by atomic mass is 32.2. The summed E-state index contributed by atoms with van der Waals surface area (Å²) in [6.45, 7) is 6.08. The molecule has 1 aliphatic carbocycles. The molecule has 0 unspecified atom stereocenters. The average molecular weight is 231 g/mol. The molecule has 0 radical (unpaired) electrons. The van der Waals surface area contributed by atoms with Crippen LogP contribution in [0.25, 0.3) is 0 Å². The molecule has 0 aromatic heterocycles. The minimum atomic E-state index is -2.70. The van der Waals surface area contributed by atoms with Crippen molar-refractivity contribution < 1.29 is 8.42 Å². The largest absolute Gasteiger partial charge is 0.298 e. The molecule has 1 saturated heterocycles. The molecule has 0 bridgehead atoms. The summed E-state index contributed by atoms with van der Waals surface area (Å²) in [5.41, 5.74) is 0. The summed E-state index contributed by atoms with van der Waals surface area (Å²) in [7, 11) is -2.70. The highest BCUT2D eigenvalue weighted by Crippen LogP contribution is 2.37. The van der Waals surface area contributed by atoms with Crippen molar-refractivity contribution in [2.75, 3.05) is 24.6 Å². The quantitative estimate of drug-likeness (QED) is 0.715. The van der Waals surface area contributed by atoms with Gasteiger partial charge in [0.05, 0.1) is 11.5 Å². The third-order valence-corrected chi connectivity index (χ3v) is 5.60. The van der Waals surface area contributed by atoms with Gasteiger partial charge in [0.2, 0.25) is 0 Å². The molecule has 2 rings (SSSR count). The second-order valence-corrected chi connectivity index (χ2v) is 7.62. The Morgan fingerprint density at radius 3 is 2.13 bits per heavy atom. The molecular formula is C11H21NO2S. The van der Waals surface area contributed by atoms with Crippen LogP contribution in [0.3, 0.4) is 0 Å².